The van der Waals surface area contributed by atoms with Crippen LogP contribution in [-0.4, -0.2) is 41.0 Å². The van der Waals surface area contributed by atoms with Crippen molar-refractivity contribution >= 4 is 17.5 Å². The van der Waals surface area contributed by atoms with Gasteiger partial charge < -0.3 is 19.5 Å². The van der Waals surface area contributed by atoms with E-state index in [-0.39, 0.29) is 17.2 Å². The molecule has 0 unspecified atom stereocenters. The third kappa shape index (κ3) is 4.67. The van der Waals surface area contributed by atoms with Gasteiger partial charge in [0.1, 0.15) is 11.4 Å². The molecule has 3 rings (SSSR count). The highest BCUT2D eigenvalue weighted by Gasteiger charge is 2.23. The van der Waals surface area contributed by atoms with E-state index in [0.717, 1.165) is 12.8 Å². The second-order valence-corrected chi connectivity index (χ2v) is 7.42. The zero-order valence-electron chi connectivity index (χ0n) is 17.1. The molecule has 1 N–H and O–H groups in total. The van der Waals surface area contributed by atoms with Crippen molar-refractivity contribution in [2.24, 2.45) is 13.0 Å². The average Bonchev–Trinajstić information content (AvgIpc) is 2.72. The average molecular weight is 397 g/mol. The van der Waals surface area contributed by atoms with E-state index in [1.807, 2.05) is 6.92 Å². The highest BCUT2D eigenvalue weighted by Crippen LogP contribution is 2.21. The number of ether oxygens (including phenoxy) is 1. The number of hydrogen-bond acceptors (Lipinski definition) is 4. The van der Waals surface area contributed by atoms with Gasteiger partial charge in [-0.05, 0) is 43.9 Å². The number of anilines is 1. The molecule has 1 aliphatic rings. The first-order valence-corrected chi connectivity index (χ1v) is 9.93. The summed E-state index contributed by atoms with van der Waals surface area (Å²) in [6, 6.07) is 8.30. The minimum Gasteiger partial charge on any atom is -0.493 e. The van der Waals surface area contributed by atoms with Crippen molar-refractivity contribution in [2.75, 3.05) is 25.0 Å². The highest BCUT2D eigenvalue weighted by atomic mass is 16.5. The van der Waals surface area contributed by atoms with Crippen molar-refractivity contribution in [1.29, 1.82) is 0 Å². The van der Waals surface area contributed by atoms with Gasteiger partial charge in [0, 0.05) is 26.3 Å². The van der Waals surface area contributed by atoms with E-state index in [2.05, 4.69) is 12.2 Å². The SMILES string of the molecule is CCOc1ccccc1C(=O)Nc1cc(C(=O)N2CCC(C)CC2)cn(C)c1=O. The summed E-state index contributed by atoms with van der Waals surface area (Å²) in [7, 11) is 1.57. The molecule has 7 heteroatoms. The molecule has 2 heterocycles. The van der Waals surface area contributed by atoms with E-state index in [1.165, 1.54) is 16.8 Å². The minimum atomic E-state index is -0.456. The number of carbonyl (C=O) groups is 2. The van der Waals surface area contributed by atoms with E-state index in [0.29, 0.717) is 42.5 Å². The second-order valence-electron chi connectivity index (χ2n) is 7.42. The van der Waals surface area contributed by atoms with Gasteiger partial charge in [-0.1, -0.05) is 19.1 Å². The van der Waals surface area contributed by atoms with Gasteiger partial charge in [0.05, 0.1) is 17.7 Å². The molecule has 1 saturated heterocycles. The quantitative estimate of drug-likeness (QED) is 0.841. The van der Waals surface area contributed by atoms with Crippen LogP contribution in [0.2, 0.25) is 0 Å². The predicted octanol–water partition coefficient (Wildman–Crippen LogP) is 2.91. The monoisotopic (exact) mass is 397 g/mol. The Morgan fingerprint density at radius 3 is 2.59 bits per heavy atom. The molecule has 0 saturated carbocycles. The van der Waals surface area contributed by atoms with Gasteiger partial charge in [0.15, 0.2) is 0 Å². The number of pyridine rings is 1. The number of benzene rings is 1. The van der Waals surface area contributed by atoms with Gasteiger partial charge >= 0.3 is 0 Å². The Kier molecular flexibility index (Phi) is 6.36. The van der Waals surface area contributed by atoms with Crippen LogP contribution in [0.5, 0.6) is 5.75 Å². The summed E-state index contributed by atoms with van der Waals surface area (Å²) in [4.78, 5) is 40.0. The smallest absolute Gasteiger partial charge is 0.274 e. The first-order valence-electron chi connectivity index (χ1n) is 9.93. The van der Waals surface area contributed by atoms with E-state index >= 15 is 0 Å². The maximum absolute atomic E-state index is 12.9. The van der Waals surface area contributed by atoms with Gasteiger partial charge in [-0.2, -0.15) is 0 Å². The lowest BCUT2D eigenvalue weighted by molar-refractivity contribution is 0.0696. The van der Waals surface area contributed by atoms with Crippen molar-refractivity contribution in [3.8, 4) is 5.75 Å². The summed E-state index contributed by atoms with van der Waals surface area (Å²) in [6.07, 6.45) is 3.46. The Hall–Kier alpha value is -3.09. The van der Waals surface area contributed by atoms with Gasteiger partial charge in [-0.3, -0.25) is 14.4 Å². The molecule has 0 atom stereocenters. The number of likely N-dealkylation sites (tertiary alicyclic amines) is 1. The molecule has 1 aromatic carbocycles. The van der Waals surface area contributed by atoms with Crippen molar-refractivity contribution in [1.82, 2.24) is 9.47 Å². The van der Waals surface area contributed by atoms with Crippen LogP contribution in [0.15, 0.2) is 41.3 Å². The third-order valence-electron chi connectivity index (χ3n) is 5.18. The fraction of sp³-hybridized carbons (Fsp3) is 0.409. The van der Waals surface area contributed by atoms with Crippen LogP contribution in [0.4, 0.5) is 5.69 Å². The lowest BCUT2D eigenvalue weighted by Gasteiger charge is -2.30. The Labute approximate surface area is 170 Å². The molecule has 0 bridgehead atoms. The number of nitrogens with zero attached hydrogens (tertiary/aromatic N) is 2. The van der Waals surface area contributed by atoms with Crippen LogP contribution in [0.1, 0.15) is 47.4 Å². The molecule has 0 aliphatic carbocycles. The van der Waals surface area contributed by atoms with E-state index in [9.17, 15) is 14.4 Å². The number of amides is 2. The minimum absolute atomic E-state index is 0.0695. The predicted molar refractivity (Wildman–Crippen MR) is 112 cm³/mol. The summed E-state index contributed by atoms with van der Waals surface area (Å²) >= 11 is 0. The van der Waals surface area contributed by atoms with E-state index in [4.69, 9.17) is 4.74 Å². The van der Waals surface area contributed by atoms with Crippen LogP contribution >= 0.6 is 0 Å². The second kappa shape index (κ2) is 8.94. The zero-order chi connectivity index (χ0) is 21.0. The number of rotatable bonds is 5. The summed E-state index contributed by atoms with van der Waals surface area (Å²) < 4.78 is 6.82. The van der Waals surface area contributed by atoms with Gasteiger partial charge in [0.25, 0.3) is 17.4 Å². The van der Waals surface area contributed by atoms with Crippen LogP contribution in [0.25, 0.3) is 0 Å². The van der Waals surface area contributed by atoms with Crippen LogP contribution in [-0.2, 0) is 7.05 Å². The van der Waals surface area contributed by atoms with E-state index < -0.39 is 5.91 Å². The topological polar surface area (TPSA) is 80.6 Å². The number of hydrogen-bond donors (Lipinski definition) is 1. The molecule has 154 valence electrons. The van der Waals surface area contributed by atoms with Crippen LogP contribution < -0.4 is 15.6 Å². The van der Waals surface area contributed by atoms with E-state index in [1.54, 1.807) is 36.2 Å². The van der Waals surface area contributed by atoms with Crippen molar-refractivity contribution in [3.05, 3.63) is 58.0 Å². The molecular weight excluding hydrogens is 370 g/mol. The molecule has 1 aliphatic heterocycles. The lowest BCUT2D eigenvalue weighted by atomic mass is 9.99. The largest absolute Gasteiger partial charge is 0.493 e. The number of carbonyl (C=O) groups excluding carboxylic acids is 2. The summed E-state index contributed by atoms with van der Waals surface area (Å²) in [5.41, 5.74) is 0.407. The third-order valence-corrected chi connectivity index (χ3v) is 5.18. The number of para-hydroxylation sites is 1. The first kappa shape index (κ1) is 20.6. The summed E-state index contributed by atoms with van der Waals surface area (Å²) in [5, 5.41) is 2.65. The van der Waals surface area contributed by atoms with Gasteiger partial charge in [-0.25, -0.2) is 0 Å². The van der Waals surface area contributed by atoms with Gasteiger partial charge in [0.2, 0.25) is 0 Å². The fourth-order valence-corrected chi connectivity index (χ4v) is 3.44. The summed E-state index contributed by atoms with van der Waals surface area (Å²) in [5.74, 6) is 0.471. The summed E-state index contributed by atoms with van der Waals surface area (Å²) in [6.45, 7) is 5.84. The molecule has 1 fully saturated rings. The van der Waals surface area contributed by atoms with Crippen LogP contribution in [0, 0.1) is 5.92 Å². The van der Waals surface area contributed by atoms with Crippen molar-refractivity contribution in [2.45, 2.75) is 26.7 Å². The standard InChI is InChI=1S/C22H27N3O4/c1-4-29-19-8-6-5-7-17(19)20(26)23-18-13-16(14-24(3)22(18)28)21(27)25-11-9-15(2)10-12-25/h5-8,13-15H,4,9-12H2,1-3H3,(H,23,26). The number of aromatic nitrogens is 1. The fourth-order valence-electron chi connectivity index (χ4n) is 3.44. The number of piperidine rings is 1. The number of aryl methyl sites for hydroxylation is 1. The Morgan fingerprint density at radius 2 is 1.90 bits per heavy atom. The molecule has 2 aromatic rings. The highest BCUT2D eigenvalue weighted by molar-refractivity contribution is 6.06. The Balaban J connectivity index is 1.86. The first-order chi connectivity index (χ1) is 13.9. The maximum Gasteiger partial charge on any atom is 0.274 e. The van der Waals surface area contributed by atoms with Crippen molar-refractivity contribution in [3.63, 3.8) is 0 Å². The molecule has 0 spiro atoms. The normalized spacial score (nSPS) is 14.5. The van der Waals surface area contributed by atoms with Crippen LogP contribution in [0.3, 0.4) is 0 Å². The van der Waals surface area contributed by atoms with Crippen molar-refractivity contribution < 1.29 is 14.3 Å². The molecule has 1 aromatic heterocycles. The Bertz CT molecular complexity index is 959. The zero-order valence-corrected chi connectivity index (χ0v) is 17.1. The maximum atomic E-state index is 12.9. The molecule has 0 radical (unpaired) electrons. The van der Waals surface area contributed by atoms with Gasteiger partial charge in [-0.15, -0.1) is 0 Å². The molecule has 29 heavy (non-hydrogen) atoms. The molecule has 7 nitrogen and oxygen atoms in total. The lowest BCUT2D eigenvalue weighted by Crippen LogP contribution is -2.38. The molecule has 2 amide bonds. The Morgan fingerprint density at radius 1 is 1.21 bits per heavy atom. The number of nitrogens with one attached hydrogen (secondary N) is 1. The molecular formula is C22H27N3O4.